The van der Waals surface area contributed by atoms with Crippen LogP contribution < -0.4 is 0 Å². The van der Waals surface area contributed by atoms with E-state index in [0.29, 0.717) is 0 Å². The van der Waals surface area contributed by atoms with E-state index in [4.69, 9.17) is 5.11 Å². The molecule has 104 valence electrons. The first-order chi connectivity index (χ1) is 9.39. The van der Waals surface area contributed by atoms with Crippen molar-refractivity contribution in [3.8, 4) is 6.07 Å². The van der Waals surface area contributed by atoms with Gasteiger partial charge in [0.15, 0.2) is 0 Å². The van der Waals surface area contributed by atoms with Crippen molar-refractivity contribution in [2.45, 2.75) is 24.7 Å². The summed E-state index contributed by atoms with van der Waals surface area (Å²) < 4.78 is 27.1. The van der Waals surface area contributed by atoms with Crippen LogP contribution in [0.5, 0.6) is 0 Å². The van der Waals surface area contributed by atoms with Gasteiger partial charge in [-0.3, -0.25) is 9.59 Å². The van der Waals surface area contributed by atoms with Crippen LogP contribution in [0.3, 0.4) is 0 Å². The monoisotopic (exact) mass is 279 g/mol. The molecule has 1 N–H and O–H groups in total. The molecular formula is C14H11F2NO3. The summed E-state index contributed by atoms with van der Waals surface area (Å²) in [6.45, 7) is 0. The zero-order chi connectivity index (χ0) is 14.9. The van der Waals surface area contributed by atoms with Crippen LogP contribution >= 0.6 is 0 Å². The highest BCUT2D eigenvalue weighted by molar-refractivity contribution is 5.99. The van der Waals surface area contributed by atoms with Gasteiger partial charge in [-0.05, 0) is 31.0 Å². The molecule has 0 aromatic heterocycles. The number of carbonyl (C=O) groups is 2. The molecule has 20 heavy (non-hydrogen) atoms. The van der Waals surface area contributed by atoms with Crippen LogP contribution in [0, 0.1) is 28.9 Å². The molecule has 1 aromatic rings. The summed E-state index contributed by atoms with van der Waals surface area (Å²) in [6.07, 6.45) is -0.481. The van der Waals surface area contributed by atoms with Gasteiger partial charge in [0, 0.05) is 12.0 Å². The van der Waals surface area contributed by atoms with Gasteiger partial charge in [0.2, 0.25) is 0 Å². The number of ketones is 1. The van der Waals surface area contributed by atoms with E-state index in [2.05, 4.69) is 0 Å². The lowest BCUT2D eigenvalue weighted by Crippen LogP contribution is -2.40. The van der Waals surface area contributed by atoms with Crippen LogP contribution in [0.4, 0.5) is 8.78 Å². The molecule has 1 saturated carbocycles. The van der Waals surface area contributed by atoms with Gasteiger partial charge in [-0.2, -0.15) is 5.26 Å². The van der Waals surface area contributed by atoms with Gasteiger partial charge < -0.3 is 5.11 Å². The van der Waals surface area contributed by atoms with Crippen molar-refractivity contribution in [1.29, 1.82) is 5.26 Å². The lowest BCUT2D eigenvalue weighted by molar-refractivity contribution is -0.148. The zero-order valence-corrected chi connectivity index (χ0v) is 10.4. The molecule has 0 heterocycles. The number of carbonyl (C=O) groups excluding carboxylic acids is 1. The molecule has 0 saturated heterocycles. The highest BCUT2D eigenvalue weighted by Gasteiger charge is 2.46. The summed E-state index contributed by atoms with van der Waals surface area (Å²) in [5, 5.41) is 18.4. The number of rotatable bonds is 2. The Morgan fingerprint density at radius 2 is 2.15 bits per heavy atom. The maximum Gasteiger partial charge on any atom is 0.314 e. The normalized spacial score (nSPS) is 26.1. The third-order valence-electron chi connectivity index (χ3n) is 3.70. The first kappa shape index (κ1) is 14.1. The van der Waals surface area contributed by atoms with Crippen LogP contribution in [0.1, 0.15) is 24.8 Å². The standard InChI is InChI=1S/C14H11F2NO3/c15-8-1-2-11(16)10(5-8)14(7-17)4-3-12(18)9(6-14)13(19)20/h1-2,5,9H,3-4,6H2,(H,19,20). The lowest BCUT2D eigenvalue weighted by atomic mass is 9.66. The quantitative estimate of drug-likeness (QED) is 0.842. The molecule has 0 spiro atoms. The van der Waals surface area contributed by atoms with E-state index in [1.165, 1.54) is 0 Å². The van der Waals surface area contributed by atoms with E-state index < -0.39 is 34.7 Å². The average molecular weight is 279 g/mol. The van der Waals surface area contributed by atoms with E-state index in [1.807, 2.05) is 6.07 Å². The summed E-state index contributed by atoms with van der Waals surface area (Å²) >= 11 is 0. The van der Waals surface area contributed by atoms with Crippen molar-refractivity contribution in [1.82, 2.24) is 0 Å². The number of nitriles is 1. The maximum absolute atomic E-state index is 13.9. The van der Waals surface area contributed by atoms with Crippen LogP contribution in [0.2, 0.25) is 0 Å². The molecule has 1 aliphatic carbocycles. The number of benzene rings is 1. The Bertz CT molecular complexity index is 623. The first-order valence-electron chi connectivity index (χ1n) is 6.02. The number of nitrogens with zero attached hydrogens (tertiary/aromatic N) is 1. The van der Waals surface area contributed by atoms with E-state index in [9.17, 15) is 23.6 Å². The van der Waals surface area contributed by atoms with E-state index >= 15 is 0 Å². The second-order valence-corrected chi connectivity index (χ2v) is 4.88. The Morgan fingerprint density at radius 1 is 1.45 bits per heavy atom. The second kappa shape index (κ2) is 5.00. The summed E-state index contributed by atoms with van der Waals surface area (Å²) in [5.74, 6) is -4.66. The molecule has 2 atom stereocenters. The van der Waals surface area contributed by atoms with Crippen molar-refractivity contribution in [2.75, 3.05) is 0 Å². The van der Waals surface area contributed by atoms with Crippen molar-refractivity contribution in [3.63, 3.8) is 0 Å². The number of halogens is 2. The summed E-state index contributed by atoms with van der Waals surface area (Å²) in [4.78, 5) is 22.6. The Kier molecular flexibility index (Phi) is 3.53. The Hall–Kier alpha value is -2.29. The molecule has 6 heteroatoms. The third kappa shape index (κ3) is 2.27. The number of carboxylic acids is 1. The molecule has 2 unspecified atom stereocenters. The maximum atomic E-state index is 13.9. The molecule has 4 nitrogen and oxygen atoms in total. The van der Waals surface area contributed by atoms with Crippen LogP contribution in [-0.2, 0) is 15.0 Å². The molecule has 0 bridgehead atoms. The van der Waals surface area contributed by atoms with Crippen LogP contribution in [-0.4, -0.2) is 16.9 Å². The minimum Gasteiger partial charge on any atom is -0.481 e. The van der Waals surface area contributed by atoms with Crippen molar-refractivity contribution >= 4 is 11.8 Å². The number of hydrogen-bond donors (Lipinski definition) is 1. The van der Waals surface area contributed by atoms with E-state index in [-0.39, 0.29) is 24.8 Å². The second-order valence-electron chi connectivity index (χ2n) is 4.88. The molecular weight excluding hydrogens is 268 g/mol. The van der Waals surface area contributed by atoms with Gasteiger partial charge in [0.05, 0.1) is 11.5 Å². The van der Waals surface area contributed by atoms with Gasteiger partial charge in [-0.1, -0.05) is 0 Å². The number of Topliss-reactive ketones (excluding diaryl/α,β-unsaturated/α-hetero) is 1. The highest BCUT2D eigenvalue weighted by atomic mass is 19.1. The molecule has 0 radical (unpaired) electrons. The fourth-order valence-corrected chi connectivity index (χ4v) is 2.57. The van der Waals surface area contributed by atoms with Gasteiger partial charge in [0.25, 0.3) is 0 Å². The van der Waals surface area contributed by atoms with Gasteiger partial charge in [-0.15, -0.1) is 0 Å². The van der Waals surface area contributed by atoms with Crippen molar-refractivity contribution in [2.24, 2.45) is 5.92 Å². The molecule has 1 fully saturated rings. The smallest absolute Gasteiger partial charge is 0.314 e. The fourth-order valence-electron chi connectivity index (χ4n) is 2.57. The van der Waals surface area contributed by atoms with Crippen LogP contribution in [0.15, 0.2) is 18.2 Å². The Balaban J connectivity index is 2.50. The third-order valence-corrected chi connectivity index (χ3v) is 3.70. The Labute approximate surface area is 113 Å². The van der Waals surface area contributed by atoms with E-state index in [0.717, 1.165) is 18.2 Å². The van der Waals surface area contributed by atoms with Crippen molar-refractivity contribution in [3.05, 3.63) is 35.4 Å². The molecule has 1 aliphatic rings. The highest BCUT2D eigenvalue weighted by Crippen LogP contribution is 2.41. The molecule has 0 aliphatic heterocycles. The SMILES string of the molecule is N#CC1(c2cc(F)ccc2F)CCC(=O)C(C(=O)O)C1. The van der Waals surface area contributed by atoms with Gasteiger partial charge in [0.1, 0.15) is 23.3 Å². The summed E-state index contributed by atoms with van der Waals surface area (Å²) in [6, 6.07) is 4.60. The van der Waals surface area contributed by atoms with Crippen molar-refractivity contribution < 1.29 is 23.5 Å². The summed E-state index contributed by atoms with van der Waals surface area (Å²) in [7, 11) is 0. The Morgan fingerprint density at radius 3 is 2.75 bits per heavy atom. The van der Waals surface area contributed by atoms with Gasteiger partial charge in [-0.25, -0.2) is 8.78 Å². The number of carboxylic acid groups (broad SMARTS) is 1. The van der Waals surface area contributed by atoms with Gasteiger partial charge >= 0.3 is 5.97 Å². The predicted molar refractivity (Wildman–Crippen MR) is 63.6 cm³/mol. The largest absolute Gasteiger partial charge is 0.481 e. The minimum atomic E-state index is -1.48. The molecule has 0 amide bonds. The molecule has 2 rings (SSSR count). The summed E-state index contributed by atoms with van der Waals surface area (Å²) in [5.41, 5.74) is -1.66. The zero-order valence-electron chi connectivity index (χ0n) is 10.4. The lowest BCUT2D eigenvalue weighted by Gasteiger charge is -2.33. The fraction of sp³-hybridized carbons (Fsp3) is 0.357. The van der Waals surface area contributed by atoms with Crippen LogP contribution in [0.25, 0.3) is 0 Å². The minimum absolute atomic E-state index is 0.00745. The molecule has 1 aromatic carbocycles. The number of aliphatic carboxylic acids is 1. The predicted octanol–water partition coefficient (Wildman–Crippen LogP) is 2.18. The topological polar surface area (TPSA) is 78.2 Å². The van der Waals surface area contributed by atoms with E-state index in [1.54, 1.807) is 0 Å². The first-order valence-corrected chi connectivity index (χ1v) is 6.02. The number of hydrogen-bond acceptors (Lipinski definition) is 3. The average Bonchev–Trinajstić information content (AvgIpc) is 2.42.